The van der Waals surface area contributed by atoms with Gasteiger partial charge in [0.25, 0.3) is 0 Å². The summed E-state index contributed by atoms with van der Waals surface area (Å²) in [4.78, 5) is 23.4. The fourth-order valence-electron chi connectivity index (χ4n) is 3.38. The molecule has 0 aromatic carbocycles. The molecule has 178 valence electrons. The Balaban J connectivity index is 3.46. The highest BCUT2D eigenvalue weighted by atomic mass is 16.6. The highest BCUT2D eigenvalue weighted by molar-refractivity contribution is 5.69. The molecule has 0 saturated carbocycles. The van der Waals surface area contributed by atoms with Crippen molar-refractivity contribution in [3.63, 3.8) is 0 Å². The molecule has 0 heterocycles. The quantitative estimate of drug-likeness (QED) is 0.157. The Labute approximate surface area is 185 Å². The van der Waals surface area contributed by atoms with Crippen molar-refractivity contribution in [2.24, 2.45) is 0 Å². The highest BCUT2D eigenvalue weighted by Gasteiger charge is 2.12. The van der Waals surface area contributed by atoms with Gasteiger partial charge in [0.1, 0.15) is 19.3 Å². The van der Waals surface area contributed by atoms with E-state index in [0.717, 1.165) is 38.5 Å². The Bertz CT molecular complexity index is 361. The summed E-state index contributed by atoms with van der Waals surface area (Å²) in [5.74, 6) is -0.574. The van der Waals surface area contributed by atoms with E-state index in [1.54, 1.807) is 0 Å². The third-order valence-corrected chi connectivity index (χ3v) is 5.34. The minimum absolute atomic E-state index is 0.110. The Morgan fingerprint density at radius 1 is 0.567 bits per heavy atom. The van der Waals surface area contributed by atoms with Crippen molar-refractivity contribution in [2.75, 3.05) is 13.2 Å². The number of unbranched alkanes of at least 4 members (excludes halogenated alkanes) is 14. The molecule has 0 bridgehead atoms. The van der Waals surface area contributed by atoms with Crippen molar-refractivity contribution < 1.29 is 24.2 Å². The number of ether oxygens (including phenoxy) is 2. The smallest absolute Gasteiger partial charge is 0.305 e. The summed E-state index contributed by atoms with van der Waals surface area (Å²) in [5.41, 5.74) is 0. The first-order chi connectivity index (χ1) is 14.6. The van der Waals surface area contributed by atoms with Gasteiger partial charge in [-0.3, -0.25) is 9.59 Å². The normalized spacial score (nSPS) is 11.1. The van der Waals surface area contributed by atoms with Crippen LogP contribution in [-0.4, -0.2) is 36.4 Å². The van der Waals surface area contributed by atoms with Gasteiger partial charge in [-0.25, -0.2) is 0 Å². The van der Waals surface area contributed by atoms with Crippen LogP contribution in [0.5, 0.6) is 0 Å². The summed E-state index contributed by atoms with van der Waals surface area (Å²) in [5, 5.41) is 9.82. The zero-order valence-electron chi connectivity index (χ0n) is 19.8. The van der Waals surface area contributed by atoms with E-state index in [1.807, 2.05) is 0 Å². The molecule has 0 spiro atoms. The predicted molar refractivity (Wildman–Crippen MR) is 122 cm³/mol. The van der Waals surface area contributed by atoms with Gasteiger partial charge in [-0.2, -0.15) is 0 Å². The molecule has 0 rings (SSSR count). The van der Waals surface area contributed by atoms with Gasteiger partial charge >= 0.3 is 11.9 Å². The van der Waals surface area contributed by atoms with Crippen LogP contribution in [0.1, 0.15) is 129 Å². The summed E-state index contributed by atoms with van der Waals surface area (Å²) in [7, 11) is 0. The van der Waals surface area contributed by atoms with Gasteiger partial charge in [-0.15, -0.1) is 0 Å². The van der Waals surface area contributed by atoms with Gasteiger partial charge in [0.2, 0.25) is 0 Å². The minimum atomic E-state index is -0.949. The van der Waals surface area contributed by atoms with Gasteiger partial charge < -0.3 is 14.6 Å². The second-order valence-electron chi connectivity index (χ2n) is 8.47. The van der Waals surface area contributed by atoms with Crippen LogP contribution in [0.4, 0.5) is 0 Å². The summed E-state index contributed by atoms with van der Waals surface area (Å²) >= 11 is 0. The Morgan fingerprint density at radius 2 is 0.867 bits per heavy atom. The van der Waals surface area contributed by atoms with Crippen LogP contribution in [-0.2, 0) is 19.1 Å². The topological polar surface area (TPSA) is 72.8 Å². The molecule has 0 saturated heterocycles. The standard InChI is InChI=1S/C25H48O5/c1-3-5-7-9-11-13-15-17-19-24(27)29-21-23(26)22-30-25(28)20-18-16-14-12-10-8-6-4-2/h23,26H,3-22H2,1-2H3. The summed E-state index contributed by atoms with van der Waals surface area (Å²) in [6.07, 6.45) is 18.7. The molecule has 0 atom stereocenters. The molecule has 0 radical (unpaired) electrons. The van der Waals surface area contributed by atoms with Crippen LogP contribution in [0, 0.1) is 0 Å². The van der Waals surface area contributed by atoms with E-state index in [4.69, 9.17) is 9.47 Å². The molecule has 1 N–H and O–H groups in total. The van der Waals surface area contributed by atoms with E-state index in [9.17, 15) is 14.7 Å². The average molecular weight is 429 g/mol. The summed E-state index contributed by atoms with van der Waals surface area (Å²) < 4.78 is 10.1. The van der Waals surface area contributed by atoms with Gasteiger partial charge in [-0.1, -0.05) is 104 Å². The second kappa shape index (κ2) is 22.6. The Kier molecular flexibility index (Phi) is 21.8. The molecule has 0 fully saturated rings. The van der Waals surface area contributed by atoms with Gasteiger partial charge in [0, 0.05) is 12.8 Å². The zero-order chi connectivity index (χ0) is 22.3. The van der Waals surface area contributed by atoms with E-state index < -0.39 is 6.10 Å². The molecule has 0 amide bonds. The van der Waals surface area contributed by atoms with E-state index in [-0.39, 0.29) is 25.2 Å². The zero-order valence-corrected chi connectivity index (χ0v) is 19.8. The minimum Gasteiger partial charge on any atom is -0.463 e. The molecule has 0 aliphatic carbocycles. The SMILES string of the molecule is CCCCCCCCCCC(=O)OCC(O)COC(=O)CCCCCCCCCC. The van der Waals surface area contributed by atoms with Gasteiger partial charge in [0.05, 0.1) is 0 Å². The van der Waals surface area contributed by atoms with E-state index in [0.29, 0.717) is 12.8 Å². The van der Waals surface area contributed by atoms with E-state index in [2.05, 4.69) is 13.8 Å². The molecule has 5 nitrogen and oxygen atoms in total. The van der Waals surface area contributed by atoms with Crippen LogP contribution in [0.2, 0.25) is 0 Å². The number of rotatable bonds is 22. The molecule has 30 heavy (non-hydrogen) atoms. The number of esters is 2. The molecule has 0 aromatic heterocycles. The van der Waals surface area contributed by atoms with Crippen molar-refractivity contribution in [1.29, 1.82) is 0 Å². The van der Waals surface area contributed by atoms with Crippen molar-refractivity contribution in [1.82, 2.24) is 0 Å². The lowest BCUT2D eigenvalue weighted by Gasteiger charge is -2.12. The maximum Gasteiger partial charge on any atom is 0.305 e. The Morgan fingerprint density at radius 3 is 1.20 bits per heavy atom. The van der Waals surface area contributed by atoms with Crippen molar-refractivity contribution in [3.05, 3.63) is 0 Å². The first-order valence-corrected chi connectivity index (χ1v) is 12.6. The van der Waals surface area contributed by atoms with Crippen LogP contribution in [0.25, 0.3) is 0 Å². The molecule has 0 aliphatic rings. The third kappa shape index (κ3) is 21.6. The highest BCUT2D eigenvalue weighted by Crippen LogP contribution is 2.11. The summed E-state index contributed by atoms with van der Waals surface area (Å²) in [6.45, 7) is 4.21. The average Bonchev–Trinajstić information content (AvgIpc) is 2.74. The maximum atomic E-state index is 11.7. The Hall–Kier alpha value is -1.10. The number of carbonyl (C=O) groups is 2. The number of hydrogen-bond acceptors (Lipinski definition) is 5. The fourth-order valence-corrected chi connectivity index (χ4v) is 3.38. The first kappa shape index (κ1) is 28.9. The number of aliphatic hydroxyl groups excluding tert-OH is 1. The lowest BCUT2D eigenvalue weighted by Crippen LogP contribution is -2.25. The molecule has 0 aliphatic heterocycles. The second-order valence-corrected chi connectivity index (χ2v) is 8.47. The molecule has 0 aromatic rings. The van der Waals surface area contributed by atoms with Crippen LogP contribution in [0.3, 0.4) is 0 Å². The van der Waals surface area contributed by atoms with Gasteiger partial charge in [-0.05, 0) is 12.8 Å². The number of aliphatic hydroxyl groups is 1. The lowest BCUT2D eigenvalue weighted by atomic mass is 10.1. The largest absolute Gasteiger partial charge is 0.463 e. The first-order valence-electron chi connectivity index (χ1n) is 12.6. The summed E-state index contributed by atoms with van der Waals surface area (Å²) in [6, 6.07) is 0. The van der Waals surface area contributed by atoms with Crippen molar-refractivity contribution in [2.45, 2.75) is 136 Å². The van der Waals surface area contributed by atoms with Crippen molar-refractivity contribution >= 4 is 11.9 Å². The number of hydrogen-bond donors (Lipinski definition) is 1. The molecular weight excluding hydrogens is 380 g/mol. The van der Waals surface area contributed by atoms with Crippen LogP contribution < -0.4 is 0 Å². The van der Waals surface area contributed by atoms with Gasteiger partial charge in [0.15, 0.2) is 0 Å². The number of carbonyl (C=O) groups excluding carboxylic acids is 2. The monoisotopic (exact) mass is 428 g/mol. The fraction of sp³-hybridized carbons (Fsp3) is 0.920. The maximum absolute atomic E-state index is 11.7. The third-order valence-electron chi connectivity index (χ3n) is 5.34. The molecule has 5 heteroatoms. The van der Waals surface area contributed by atoms with Crippen LogP contribution in [0.15, 0.2) is 0 Å². The van der Waals surface area contributed by atoms with Crippen molar-refractivity contribution in [3.8, 4) is 0 Å². The molecule has 0 unspecified atom stereocenters. The van der Waals surface area contributed by atoms with E-state index >= 15 is 0 Å². The predicted octanol–water partition coefficient (Wildman–Crippen LogP) is 6.50. The molecular formula is C25H48O5. The van der Waals surface area contributed by atoms with Crippen LogP contribution >= 0.6 is 0 Å². The van der Waals surface area contributed by atoms with E-state index in [1.165, 1.54) is 64.2 Å². The lowest BCUT2D eigenvalue weighted by molar-refractivity contribution is -0.152.